The molecule has 0 aromatic carbocycles. The third kappa shape index (κ3) is 7.31. The smallest absolute Gasteiger partial charge is 0.221 e. The van der Waals surface area contributed by atoms with Crippen molar-refractivity contribution >= 4 is 5.91 Å². The minimum absolute atomic E-state index is 0.0828. The summed E-state index contributed by atoms with van der Waals surface area (Å²) in [6.45, 7) is 3.60. The van der Waals surface area contributed by atoms with Crippen molar-refractivity contribution in [3.63, 3.8) is 0 Å². The lowest BCUT2D eigenvalue weighted by atomic mass is 10.1. The van der Waals surface area contributed by atoms with Gasteiger partial charge in [-0.1, -0.05) is 0 Å². The first kappa shape index (κ1) is 14.4. The van der Waals surface area contributed by atoms with Gasteiger partial charge < -0.3 is 20.1 Å². The SMILES string of the molecule is COCCNC(=O)CCNC1CCCOCC1. The molecule has 0 spiro atoms. The minimum Gasteiger partial charge on any atom is -0.383 e. The number of carbonyl (C=O) groups is 1. The van der Waals surface area contributed by atoms with Crippen LogP contribution in [-0.2, 0) is 14.3 Å². The molecule has 0 bridgehead atoms. The first-order chi connectivity index (χ1) is 8.33. The maximum Gasteiger partial charge on any atom is 0.221 e. The van der Waals surface area contributed by atoms with Crippen molar-refractivity contribution in [3.05, 3.63) is 0 Å². The topological polar surface area (TPSA) is 59.6 Å². The molecule has 1 unspecified atom stereocenters. The molecule has 1 aliphatic heterocycles. The van der Waals surface area contributed by atoms with E-state index in [4.69, 9.17) is 9.47 Å². The van der Waals surface area contributed by atoms with Gasteiger partial charge in [-0.2, -0.15) is 0 Å². The van der Waals surface area contributed by atoms with Crippen molar-refractivity contribution in [2.75, 3.05) is 40.0 Å². The van der Waals surface area contributed by atoms with E-state index in [9.17, 15) is 4.79 Å². The molecule has 1 heterocycles. The Morgan fingerprint density at radius 2 is 2.24 bits per heavy atom. The fourth-order valence-electron chi connectivity index (χ4n) is 1.88. The highest BCUT2D eigenvalue weighted by Gasteiger charge is 2.11. The Kier molecular flexibility index (Phi) is 7.96. The number of nitrogens with one attached hydrogen (secondary N) is 2. The summed E-state index contributed by atoms with van der Waals surface area (Å²) in [5, 5.41) is 6.22. The third-order valence-corrected chi connectivity index (χ3v) is 2.87. The molecule has 5 nitrogen and oxygen atoms in total. The number of carbonyl (C=O) groups excluding carboxylic acids is 1. The van der Waals surface area contributed by atoms with Crippen molar-refractivity contribution in [2.24, 2.45) is 0 Å². The lowest BCUT2D eigenvalue weighted by Gasteiger charge is -2.15. The first-order valence-electron chi connectivity index (χ1n) is 6.39. The quantitative estimate of drug-likeness (QED) is 0.632. The maximum absolute atomic E-state index is 11.4. The third-order valence-electron chi connectivity index (χ3n) is 2.87. The number of rotatable bonds is 7. The molecular weight excluding hydrogens is 220 g/mol. The lowest BCUT2D eigenvalue weighted by molar-refractivity contribution is -0.121. The van der Waals surface area contributed by atoms with E-state index in [1.54, 1.807) is 7.11 Å². The summed E-state index contributed by atoms with van der Waals surface area (Å²) >= 11 is 0. The van der Waals surface area contributed by atoms with E-state index in [-0.39, 0.29) is 5.91 Å². The van der Waals surface area contributed by atoms with Crippen molar-refractivity contribution in [1.82, 2.24) is 10.6 Å². The molecule has 5 heteroatoms. The molecule has 17 heavy (non-hydrogen) atoms. The Labute approximate surface area is 103 Å². The van der Waals surface area contributed by atoms with Crippen molar-refractivity contribution in [1.29, 1.82) is 0 Å². The summed E-state index contributed by atoms with van der Waals surface area (Å²) in [6, 6.07) is 0.504. The fourth-order valence-corrected chi connectivity index (χ4v) is 1.88. The van der Waals surface area contributed by atoms with E-state index in [1.165, 1.54) is 0 Å². The largest absolute Gasteiger partial charge is 0.383 e. The Morgan fingerprint density at radius 1 is 1.35 bits per heavy atom. The van der Waals surface area contributed by atoms with Gasteiger partial charge >= 0.3 is 0 Å². The van der Waals surface area contributed by atoms with Gasteiger partial charge in [-0.05, 0) is 19.3 Å². The van der Waals surface area contributed by atoms with Crippen molar-refractivity contribution < 1.29 is 14.3 Å². The van der Waals surface area contributed by atoms with Crippen LogP contribution in [0.5, 0.6) is 0 Å². The molecule has 100 valence electrons. The number of hydrogen-bond donors (Lipinski definition) is 2. The van der Waals surface area contributed by atoms with E-state index in [1.807, 2.05) is 0 Å². The highest BCUT2D eigenvalue weighted by atomic mass is 16.5. The molecule has 1 atom stereocenters. The Hall–Kier alpha value is -0.650. The van der Waals surface area contributed by atoms with Gasteiger partial charge in [-0.15, -0.1) is 0 Å². The highest BCUT2D eigenvalue weighted by molar-refractivity contribution is 5.76. The predicted molar refractivity (Wildman–Crippen MR) is 66.0 cm³/mol. The van der Waals surface area contributed by atoms with Crippen molar-refractivity contribution in [2.45, 2.75) is 31.7 Å². The second-order valence-corrected chi connectivity index (χ2v) is 4.29. The monoisotopic (exact) mass is 244 g/mol. The molecule has 0 radical (unpaired) electrons. The predicted octanol–water partition coefficient (Wildman–Crippen LogP) is 0.298. The van der Waals surface area contributed by atoms with E-state index in [2.05, 4.69) is 10.6 Å². The van der Waals surface area contributed by atoms with E-state index >= 15 is 0 Å². The Bertz CT molecular complexity index is 204. The van der Waals surface area contributed by atoms with Crippen LogP contribution in [0, 0.1) is 0 Å². The highest BCUT2D eigenvalue weighted by Crippen LogP contribution is 2.07. The fraction of sp³-hybridized carbons (Fsp3) is 0.917. The summed E-state index contributed by atoms with van der Waals surface area (Å²) < 4.78 is 10.2. The summed E-state index contributed by atoms with van der Waals surface area (Å²) in [7, 11) is 1.63. The summed E-state index contributed by atoms with van der Waals surface area (Å²) in [5.41, 5.74) is 0. The normalized spacial score (nSPS) is 20.9. The van der Waals surface area contributed by atoms with Gasteiger partial charge in [0.15, 0.2) is 0 Å². The molecule has 0 aliphatic carbocycles. The lowest BCUT2D eigenvalue weighted by Crippen LogP contribution is -2.34. The second-order valence-electron chi connectivity index (χ2n) is 4.29. The zero-order valence-electron chi connectivity index (χ0n) is 10.7. The number of ether oxygens (including phenoxy) is 2. The standard InChI is InChI=1S/C12H24N2O3/c1-16-10-7-14-12(15)4-6-13-11-3-2-8-17-9-5-11/h11,13H,2-10H2,1H3,(H,14,15). The van der Waals surface area contributed by atoms with Crippen LogP contribution in [0.3, 0.4) is 0 Å². The minimum atomic E-state index is 0.0828. The van der Waals surface area contributed by atoms with Crippen molar-refractivity contribution in [3.8, 4) is 0 Å². The van der Waals surface area contributed by atoms with Crippen LogP contribution in [0.25, 0.3) is 0 Å². The number of amides is 1. The van der Waals surface area contributed by atoms with Gasteiger partial charge in [0.2, 0.25) is 5.91 Å². The number of hydrogen-bond acceptors (Lipinski definition) is 4. The molecule has 0 aromatic rings. The first-order valence-corrected chi connectivity index (χ1v) is 6.39. The van der Waals surface area contributed by atoms with E-state index in [0.29, 0.717) is 25.6 Å². The van der Waals surface area contributed by atoms with Crippen LogP contribution in [0.2, 0.25) is 0 Å². The number of methoxy groups -OCH3 is 1. The molecule has 0 aromatic heterocycles. The van der Waals surface area contributed by atoms with Gasteiger partial charge in [-0.25, -0.2) is 0 Å². The molecule has 0 saturated carbocycles. The van der Waals surface area contributed by atoms with Crippen LogP contribution in [0.1, 0.15) is 25.7 Å². The maximum atomic E-state index is 11.4. The van der Waals surface area contributed by atoms with Crippen LogP contribution >= 0.6 is 0 Å². The van der Waals surface area contributed by atoms with Gasteiger partial charge in [0.05, 0.1) is 6.61 Å². The zero-order chi connectivity index (χ0) is 12.3. The Balaban J connectivity index is 1.99. The molecule has 1 fully saturated rings. The van der Waals surface area contributed by atoms with Gasteiger partial charge in [0.25, 0.3) is 0 Å². The molecule has 1 saturated heterocycles. The summed E-state index contributed by atoms with van der Waals surface area (Å²) in [5.74, 6) is 0.0828. The summed E-state index contributed by atoms with van der Waals surface area (Å²) in [6.07, 6.45) is 3.83. The second kappa shape index (κ2) is 9.39. The Morgan fingerprint density at radius 3 is 3.06 bits per heavy atom. The molecule has 1 amide bonds. The van der Waals surface area contributed by atoms with E-state index < -0.39 is 0 Å². The molecule has 1 rings (SSSR count). The van der Waals surface area contributed by atoms with Gasteiger partial charge in [0.1, 0.15) is 0 Å². The van der Waals surface area contributed by atoms with Crippen LogP contribution in [0.15, 0.2) is 0 Å². The zero-order valence-corrected chi connectivity index (χ0v) is 10.7. The van der Waals surface area contributed by atoms with Crippen LogP contribution < -0.4 is 10.6 Å². The molecular formula is C12H24N2O3. The molecule has 2 N–H and O–H groups in total. The van der Waals surface area contributed by atoms with Crippen LogP contribution in [0.4, 0.5) is 0 Å². The average molecular weight is 244 g/mol. The van der Waals surface area contributed by atoms with Gasteiger partial charge in [0, 0.05) is 45.9 Å². The average Bonchev–Trinajstić information content (AvgIpc) is 2.58. The molecule has 1 aliphatic rings. The van der Waals surface area contributed by atoms with Gasteiger partial charge in [-0.3, -0.25) is 4.79 Å². The van der Waals surface area contributed by atoms with E-state index in [0.717, 1.165) is 39.0 Å². The van der Waals surface area contributed by atoms with Crippen LogP contribution in [-0.4, -0.2) is 52.0 Å². The summed E-state index contributed by atoms with van der Waals surface area (Å²) in [4.78, 5) is 11.4.